The van der Waals surface area contributed by atoms with E-state index in [0.29, 0.717) is 23.3 Å². The minimum Gasteiger partial charge on any atom is -0.328 e. The molecule has 9 heteroatoms. The molecular formula is C17H17N5O3S. The highest BCUT2D eigenvalue weighted by atomic mass is 32.2. The molecule has 0 amide bonds. The summed E-state index contributed by atoms with van der Waals surface area (Å²) in [7, 11) is 0. The van der Waals surface area contributed by atoms with Crippen LogP contribution in [-0.4, -0.2) is 25.5 Å². The molecule has 0 radical (unpaired) electrons. The molecule has 2 aliphatic rings. The summed E-state index contributed by atoms with van der Waals surface area (Å²) < 4.78 is 1.76. The van der Waals surface area contributed by atoms with Crippen molar-refractivity contribution in [1.82, 2.24) is 14.8 Å². The Morgan fingerprint density at radius 3 is 3.12 bits per heavy atom. The lowest BCUT2D eigenvalue weighted by Gasteiger charge is -2.33. The zero-order valence-corrected chi connectivity index (χ0v) is 14.9. The minimum atomic E-state index is -0.403. The maximum absolute atomic E-state index is 12.3. The maximum atomic E-state index is 12.3. The van der Waals surface area contributed by atoms with Gasteiger partial charge in [0, 0.05) is 30.0 Å². The quantitative estimate of drug-likeness (QED) is 0.499. The number of nitrogens with zero attached hydrogens (tertiary/aromatic N) is 4. The molecule has 0 unspecified atom stereocenters. The Hall–Kier alpha value is -2.68. The summed E-state index contributed by atoms with van der Waals surface area (Å²) in [5, 5.41) is 19.2. The third-order valence-corrected chi connectivity index (χ3v) is 5.57. The first kappa shape index (κ1) is 16.8. The summed E-state index contributed by atoms with van der Waals surface area (Å²) in [6, 6.07) is 6.47. The van der Waals surface area contributed by atoms with Crippen LogP contribution in [0.1, 0.15) is 31.4 Å². The Bertz CT molecular complexity index is 923. The molecule has 1 aliphatic carbocycles. The topological polar surface area (TPSA) is 103 Å². The van der Waals surface area contributed by atoms with Crippen LogP contribution in [0.4, 0.5) is 11.6 Å². The van der Waals surface area contributed by atoms with Crippen LogP contribution in [0.25, 0.3) is 0 Å². The number of nitro benzene ring substituents is 1. The largest absolute Gasteiger partial charge is 0.328 e. The number of carbonyl (C=O) groups excluding carboxylic acids is 1. The van der Waals surface area contributed by atoms with Gasteiger partial charge in [-0.15, -0.1) is 5.10 Å². The molecule has 0 spiro atoms. The Kier molecular flexibility index (Phi) is 4.23. The average Bonchev–Trinajstić information content (AvgIpc) is 3.03. The molecule has 8 nitrogen and oxygen atoms in total. The highest BCUT2D eigenvalue weighted by molar-refractivity contribution is 7.98. The van der Waals surface area contributed by atoms with Crippen molar-refractivity contribution in [1.29, 1.82) is 0 Å². The van der Waals surface area contributed by atoms with E-state index in [0.717, 1.165) is 17.7 Å². The van der Waals surface area contributed by atoms with E-state index in [1.807, 2.05) is 13.0 Å². The number of ketones is 1. The van der Waals surface area contributed by atoms with Crippen LogP contribution in [0.3, 0.4) is 0 Å². The number of nitrogens with one attached hydrogen (secondary N) is 1. The van der Waals surface area contributed by atoms with E-state index in [-0.39, 0.29) is 23.4 Å². The summed E-state index contributed by atoms with van der Waals surface area (Å²) in [4.78, 5) is 27.2. The van der Waals surface area contributed by atoms with Gasteiger partial charge >= 0.3 is 0 Å². The van der Waals surface area contributed by atoms with Crippen molar-refractivity contribution in [3.63, 3.8) is 0 Å². The number of Topliss-reactive ketones (excluding diaryl/α,β-unsaturated/α-hetero) is 1. The normalized spacial score (nSPS) is 21.4. The molecule has 134 valence electrons. The molecule has 1 aromatic carbocycles. The SMILES string of the molecule is C[C@@H]1[C@H]2C(=O)CCC=C2Nc2nc(SCc3cccc([N+](=O)[O-])c3)nn21. The molecule has 0 saturated heterocycles. The van der Waals surface area contributed by atoms with E-state index in [2.05, 4.69) is 21.5 Å². The van der Waals surface area contributed by atoms with Crippen LogP contribution < -0.4 is 5.32 Å². The second-order valence-electron chi connectivity index (χ2n) is 6.39. The number of carbonyl (C=O) groups is 1. The van der Waals surface area contributed by atoms with Crippen LogP contribution in [0, 0.1) is 16.0 Å². The predicted molar refractivity (Wildman–Crippen MR) is 96.8 cm³/mol. The predicted octanol–water partition coefficient (Wildman–Crippen LogP) is 3.33. The van der Waals surface area contributed by atoms with Gasteiger partial charge in [-0.3, -0.25) is 14.9 Å². The molecule has 26 heavy (non-hydrogen) atoms. The van der Waals surface area contributed by atoms with Crippen LogP contribution in [0.5, 0.6) is 0 Å². The average molecular weight is 371 g/mol. The third-order valence-electron chi connectivity index (χ3n) is 4.66. The van der Waals surface area contributed by atoms with Crippen molar-refractivity contribution >= 4 is 29.2 Å². The summed E-state index contributed by atoms with van der Waals surface area (Å²) in [5.41, 5.74) is 1.83. The van der Waals surface area contributed by atoms with E-state index in [1.54, 1.807) is 16.8 Å². The Morgan fingerprint density at radius 1 is 1.46 bits per heavy atom. The Labute approximate surface area is 153 Å². The number of thioether (sulfide) groups is 1. The Balaban J connectivity index is 1.53. The lowest BCUT2D eigenvalue weighted by Crippen LogP contribution is -2.36. The zero-order chi connectivity index (χ0) is 18.3. The van der Waals surface area contributed by atoms with Crippen LogP contribution in [0.2, 0.25) is 0 Å². The Morgan fingerprint density at radius 2 is 2.31 bits per heavy atom. The molecule has 2 atom stereocenters. The van der Waals surface area contributed by atoms with Gasteiger partial charge in [-0.2, -0.15) is 4.98 Å². The standard InChI is InChI=1S/C17H17N5O3S/c1-10-15-13(6-3-7-14(15)23)18-16-19-17(20-21(10)16)26-9-11-4-2-5-12(8-11)22(24)25/h2,4-6,8,10,15H,3,7,9H2,1H3,(H,18,19,20)/t10-,15-/m1/s1. The fraction of sp³-hybridized carbons (Fsp3) is 0.353. The molecule has 0 fully saturated rings. The lowest BCUT2D eigenvalue weighted by molar-refractivity contribution is -0.384. The summed E-state index contributed by atoms with van der Waals surface area (Å²) in [5.74, 6) is 1.21. The highest BCUT2D eigenvalue weighted by Gasteiger charge is 2.38. The number of hydrogen-bond donors (Lipinski definition) is 1. The number of hydrogen-bond acceptors (Lipinski definition) is 7. The molecule has 1 N–H and O–H groups in total. The van der Waals surface area contributed by atoms with Gasteiger partial charge in [0.1, 0.15) is 5.78 Å². The van der Waals surface area contributed by atoms with E-state index < -0.39 is 4.92 Å². The van der Waals surface area contributed by atoms with E-state index in [9.17, 15) is 14.9 Å². The fourth-order valence-electron chi connectivity index (χ4n) is 3.40. The van der Waals surface area contributed by atoms with Crippen molar-refractivity contribution in [2.75, 3.05) is 5.32 Å². The number of nitro groups is 1. The molecule has 4 rings (SSSR count). The first-order valence-corrected chi connectivity index (χ1v) is 9.34. The van der Waals surface area contributed by atoms with E-state index in [4.69, 9.17) is 0 Å². The van der Waals surface area contributed by atoms with E-state index in [1.165, 1.54) is 17.8 Å². The van der Waals surface area contributed by atoms with Crippen LogP contribution in [-0.2, 0) is 10.5 Å². The maximum Gasteiger partial charge on any atom is 0.269 e. The lowest BCUT2D eigenvalue weighted by atomic mass is 9.84. The number of rotatable bonds is 4. The fourth-order valence-corrected chi connectivity index (χ4v) is 4.17. The van der Waals surface area contributed by atoms with Gasteiger partial charge in [-0.25, -0.2) is 4.68 Å². The second kappa shape index (κ2) is 6.56. The summed E-state index contributed by atoms with van der Waals surface area (Å²) in [6.07, 6.45) is 3.39. The van der Waals surface area contributed by atoms with Gasteiger partial charge in [0.25, 0.3) is 5.69 Å². The number of fused-ring (bicyclic) bond motifs is 2. The molecule has 2 heterocycles. The molecule has 0 saturated carbocycles. The van der Waals surface area contributed by atoms with Crippen molar-refractivity contribution in [2.45, 2.75) is 36.7 Å². The monoisotopic (exact) mass is 371 g/mol. The van der Waals surface area contributed by atoms with Gasteiger partial charge in [-0.05, 0) is 18.9 Å². The molecule has 0 bridgehead atoms. The van der Waals surface area contributed by atoms with Crippen LogP contribution >= 0.6 is 11.8 Å². The minimum absolute atomic E-state index is 0.0741. The van der Waals surface area contributed by atoms with Gasteiger partial charge < -0.3 is 5.32 Å². The molecule has 2 aromatic rings. The molecule has 1 aliphatic heterocycles. The van der Waals surface area contributed by atoms with Gasteiger partial charge in [0.05, 0.1) is 16.9 Å². The van der Waals surface area contributed by atoms with E-state index >= 15 is 0 Å². The van der Waals surface area contributed by atoms with Crippen LogP contribution in [0.15, 0.2) is 41.2 Å². The summed E-state index contributed by atoms with van der Waals surface area (Å²) in [6.45, 7) is 1.98. The number of allylic oxidation sites excluding steroid dienone is 2. The molecule has 1 aromatic heterocycles. The number of anilines is 1. The van der Waals surface area contributed by atoms with Crippen molar-refractivity contribution < 1.29 is 9.72 Å². The smallest absolute Gasteiger partial charge is 0.269 e. The zero-order valence-electron chi connectivity index (χ0n) is 14.1. The van der Waals surface area contributed by atoms with Crippen molar-refractivity contribution in [3.8, 4) is 0 Å². The van der Waals surface area contributed by atoms with Gasteiger partial charge in [0.2, 0.25) is 11.1 Å². The number of non-ortho nitro benzene ring substituents is 1. The van der Waals surface area contributed by atoms with Gasteiger partial charge in [-0.1, -0.05) is 30.0 Å². The van der Waals surface area contributed by atoms with Crippen molar-refractivity contribution in [2.24, 2.45) is 5.92 Å². The first-order chi connectivity index (χ1) is 12.5. The first-order valence-electron chi connectivity index (χ1n) is 8.35. The number of aromatic nitrogens is 3. The highest BCUT2D eigenvalue weighted by Crippen LogP contribution is 2.38. The summed E-state index contributed by atoms with van der Waals surface area (Å²) >= 11 is 1.41. The molecular weight excluding hydrogens is 354 g/mol. The third kappa shape index (κ3) is 2.98. The van der Waals surface area contributed by atoms with Gasteiger partial charge in [0.15, 0.2) is 0 Å². The number of benzene rings is 1. The van der Waals surface area contributed by atoms with Crippen molar-refractivity contribution in [3.05, 3.63) is 51.7 Å². The second-order valence-corrected chi connectivity index (χ2v) is 7.33.